The van der Waals surface area contributed by atoms with Crippen LogP contribution in [0, 0.1) is 0 Å². The Hall–Kier alpha value is -1.11. The molecule has 2 heterocycles. The van der Waals surface area contributed by atoms with Crippen molar-refractivity contribution in [1.29, 1.82) is 0 Å². The van der Waals surface area contributed by atoms with Crippen LogP contribution in [0.25, 0.3) is 0 Å². The number of nitrogens with zero attached hydrogens (tertiary/aromatic N) is 2. The van der Waals surface area contributed by atoms with Crippen molar-refractivity contribution >= 4 is 17.3 Å². The summed E-state index contributed by atoms with van der Waals surface area (Å²) in [5, 5.41) is 21.3. The second kappa shape index (κ2) is 8.66. The number of aliphatic hydroxyl groups is 1. The Morgan fingerprint density at radius 3 is 2.96 bits per heavy atom. The van der Waals surface area contributed by atoms with Crippen molar-refractivity contribution in [2.45, 2.75) is 45.3 Å². The molecule has 1 aliphatic heterocycles. The molecule has 6 heteroatoms. The second-order valence-electron chi connectivity index (χ2n) is 6.29. The Balaban J connectivity index is 1.92. The molecule has 0 radical (unpaired) electrons. The number of thiophene rings is 1. The lowest BCUT2D eigenvalue weighted by Gasteiger charge is -2.25. The molecule has 23 heavy (non-hydrogen) atoms. The molecule has 1 aromatic heterocycles. The summed E-state index contributed by atoms with van der Waals surface area (Å²) < 4.78 is 0. The number of aliphatic imine (C=N–C) groups is 1. The monoisotopic (exact) mass is 338 g/mol. The molecule has 0 spiro atoms. The summed E-state index contributed by atoms with van der Waals surface area (Å²) in [5.74, 6) is 0.783. The van der Waals surface area contributed by atoms with Crippen LogP contribution in [0.15, 0.2) is 21.8 Å². The van der Waals surface area contributed by atoms with Crippen LogP contribution in [-0.4, -0.2) is 54.7 Å². The van der Waals surface area contributed by atoms with Gasteiger partial charge < -0.3 is 15.7 Å². The Morgan fingerprint density at radius 1 is 1.48 bits per heavy atom. The highest BCUT2D eigenvalue weighted by molar-refractivity contribution is 7.08. The van der Waals surface area contributed by atoms with E-state index in [0.717, 1.165) is 31.2 Å². The van der Waals surface area contributed by atoms with Gasteiger partial charge in [-0.3, -0.25) is 4.90 Å². The second-order valence-corrected chi connectivity index (χ2v) is 7.07. The topological polar surface area (TPSA) is 59.9 Å². The fourth-order valence-electron chi connectivity index (χ4n) is 2.99. The van der Waals surface area contributed by atoms with E-state index >= 15 is 0 Å². The lowest BCUT2D eigenvalue weighted by molar-refractivity contribution is 0.0677. The first-order valence-electron chi connectivity index (χ1n) is 8.58. The minimum Gasteiger partial charge on any atom is -0.383 e. The SMILES string of the molecule is CCNC(=NCC(C)(O)c1ccsc1)NCC1CCCN1CC. The third kappa shape index (κ3) is 5.19. The van der Waals surface area contributed by atoms with E-state index in [1.54, 1.807) is 11.3 Å². The highest BCUT2D eigenvalue weighted by Gasteiger charge is 2.24. The molecule has 2 unspecified atom stereocenters. The summed E-state index contributed by atoms with van der Waals surface area (Å²) in [6, 6.07) is 2.54. The fraction of sp³-hybridized carbons (Fsp3) is 0.706. The molecule has 2 atom stereocenters. The number of nitrogens with one attached hydrogen (secondary N) is 2. The normalized spacial score (nSPS) is 22.1. The van der Waals surface area contributed by atoms with Crippen molar-refractivity contribution in [3.63, 3.8) is 0 Å². The summed E-state index contributed by atoms with van der Waals surface area (Å²) in [5.41, 5.74) is 0.000539. The highest BCUT2D eigenvalue weighted by Crippen LogP contribution is 2.23. The fourth-order valence-corrected chi connectivity index (χ4v) is 3.78. The van der Waals surface area contributed by atoms with Gasteiger partial charge in [0.05, 0.1) is 6.54 Å². The maximum Gasteiger partial charge on any atom is 0.191 e. The van der Waals surface area contributed by atoms with E-state index in [0.29, 0.717) is 12.6 Å². The van der Waals surface area contributed by atoms with Crippen LogP contribution in [0.2, 0.25) is 0 Å². The van der Waals surface area contributed by atoms with E-state index in [1.807, 2.05) is 23.8 Å². The van der Waals surface area contributed by atoms with Gasteiger partial charge in [0.25, 0.3) is 0 Å². The van der Waals surface area contributed by atoms with Crippen LogP contribution in [0.3, 0.4) is 0 Å². The minimum atomic E-state index is -0.925. The van der Waals surface area contributed by atoms with Crippen molar-refractivity contribution in [3.8, 4) is 0 Å². The predicted molar refractivity (Wildman–Crippen MR) is 98.1 cm³/mol. The molecule has 130 valence electrons. The van der Waals surface area contributed by atoms with Crippen LogP contribution in [0.5, 0.6) is 0 Å². The van der Waals surface area contributed by atoms with Gasteiger partial charge in [0, 0.05) is 19.1 Å². The average Bonchev–Trinajstić information content (AvgIpc) is 3.20. The van der Waals surface area contributed by atoms with Gasteiger partial charge in [-0.25, -0.2) is 4.99 Å². The number of likely N-dealkylation sites (N-methyl/N-ethyl adjacent to an activating group) is 1. The van der Waals surface area contributed by atoms with Crippen molar-refractivity contribution < 1.29 is 5.11 Å². The Morgan fingerprint density at radius 2 is 2.30 bits per heavy atom. The molecule has 2 rings (SSSR count). The summed E-state index contributed by atoms with van der Waals surface area (Å²) in [6.07, 6.45) is 2.52. The van der Waals surface area contributed by atoms with E-state index in [4.69, 9.17) is 0 Å². The van der Waals surface area contributed by atoms with E-state index in [-0.39, 0.29) is 0 Å². The zero-order chi connectivity index (χ0) is 16.7. The highest BCUT2D eigenvalue weighted by atomic mass is 32.1. The van der Waals surface area contributed by atoms with Crippen molar-refractivity contribution in [2.75, 3.05) is 32.7 Å². The summed E-state index contributed by atoms with van der Waals surface area (Å²) in [4.78, 5) is 7.10. The van der Waals surface area contributed by atoms with Gasteiger partial charge in [-0.05, 0) is 62.2 Å². The maximum atomic E-state index is 10.6. The van der Waals surface area contributed by atoms with E-state index in [2.05, 4.69) is 34.4 Å². The zero-order valence-corrected chi connectivity index (χ0v) is 15.3. The lowest BCUT2D eigenvalue weighted by Crippen LogP contribution is -2.45. The number of rotatable bonds is 7. The Kier molecular flexibility index (Phi) is 6.87. The molecule has 0 saturated carbocycles. The van der Waals surface area contributed by atoms with Crippen LogP contribution >= 0.6 is 11.3 Å². The standard InChI is InChI=1S/C17H30N4OS/c1-4-18-16(19-11-15-7-6-9-21(15)5-2)20-13-17(3,22)14-8-10-23-12-14/h8,10,12,15,22H,4-7,9,11,13H2,1-3H3,(H2,18,19,20). The van der Waals surface area contributed by atoms with E-state index in [9.17, 15) is 5.11 Å². The van der Waals surface area contributed by atoms with Crippen molar-refractivity contribution in [2.24, 2.45) is 4.99 Å². The third-order valence-electron chi connectivity index (χ3n) is 4.44. The molecule has 0 bridgehead atoms. The minimum absolute atomic E-state index is 0.348. The molecular formula is C17H30N4OS. The molecule has 1 fully saturated rings. The Labute approximate surface area is 143 Å². The van der Waals surface area contributed by atoms with Gasteiger partial charge in [0.15, 0.2) is 5.96 Å². The van der Waals surface area contributed by atoms with Crippen LogP contribution < -0.4 is 10.6 Å². The van der Waals surface area contributed by atoms with Gasteiger partial charge in [-0.1, -0.05) is 6.92 Å². The smallest absolute Gasteiger partial charge is 0.191 e. The third-order valence-corrected chi connectivity index (χ3v) is 5.13. The van der Waals surface area contributed by atoms with Gasteiger partial charge in [-0.2, -0.15) is 11.3 Å². The molecule has 3 N–H and O–H groups in total. The van der Waals surface area contributed by atoms with E-state index < -0.39 is 5.60 Å². The van der Waals surface area contributed by atoms with Crippen LogP contribution in [-0.2, 0) is 5.60 Å². The zero-order valence-electron chi connectivity index (χ0n) is 14.5. The first-order chi connectivity index (χ1) is 11.1. The Bertz CT molecular complexity index is 487. The van der Waals surface area contributed by atoms with Crippen LogP contribution in [0.4, 0.5) is 0 Å². The number of hydrogen-bond donors (Lipinski definition) is 3. The lowest BCUT2D eigenvalue weighted by atomic mass is 10.00. The van der Waals surface area contributed by atoms with Gasteiger partial charge in [0.1, 0.15) is 5.60 Å². The average molecular weight is 339 g/mol. The van der Waals surface area contributed by atoms with Crippen molar-refractivity contribution in [1.82, 2.24) is 15.5 Å². The maximum absolute atomic E-state index is 10.6. The molecule has 0 amide bonds. The molecule has 0 aromatic carbocycles. The number of likely N-dealkylation sites (tertiary alicyclic amines) is 1. The molecule has 1 aromatic rings. The number of hydrogen-bond acceptors (Lipinski definition) is 4. The molecule has 1 saturated heterocycles. The molecule has 0 aliphatic carbocycles. The van der Waals surface area contributed by atoms with Gasteiger partial charge >= 0.3 is 0 Å². The molecule has 1 aliphatic rings. The van der Waals surface area contributed by atoms with Gasteiger partial charge in [0.2, 0.25) is 0 Å². The van der Waals surface area contributed by atoms with Crippen molar-refractivity contribution in [3.05, 3.63) is 22.4 Å². The largest absolute Gasteiger partial charge is 0.383 e. The summed E-state index contributed by atoms with van der Waals surface area (Å²) >= 11 is 1.60. The predicted octanol–water partition coefficient (Wildman–Crippen LogP) is 2.00. The first kappa shape index (κ1) is 18.2. The van der Waals surface area contributed by atoms with Gasteiger partial charge in [-0.15, -0.1) is 0 Å². The first-order valence-corrected chi connectivity index (χ1v) is 9.52. The summed E-state index contributed by atoms with van der Waals surface area (Å²) in [7, 11) is 0. The molecule has 5 nitrogen and oxygen atoms in total. The molecular weight excluding hydrogens is 308 g/mol. The van der Waals surface area contributed by atoms with Crippen LogP contribution in [0.1, 0.15) is 39.2 Å². The summed E-state index contributed by atoms with van der Waals surface area (Å²) in [6.45, 7) is 10.5. The number of guanidine groups is 1. The quantitative estimate of drug-likeness (QED) is 0.526. The van der Waals surface area contributed by atoms with E-state index in [1.165, 1.54) is 19.4 Å².